The molecule has 4 rings (SSSR count). The summed E-state index contributed by atoms with van der Waals surface area (Å²) in [6.07, 6.45) is 3.46. The Morgan fingerprint density at radius 1 is 1.12 bits per heavy atom. The summed E-state index contributed by atoms with van der Waals surface area (Å²) in [5, 5.41) is 8.59. The van der Waals surface area contributed by atoms with Crippen LogP contribution < -0.4 is 9.61 Å². The van der Waals surface area contributed by atoms with Crippen molar-refractivity contribution in [2.75, 3.05) is 0 Å². The van der Waals surface area contributed by atoms with Crippen molar-refractivity contribution in [3.63, 3.8) is 0 Å². The zero-order valence-corrected chi connectivity index (χ0v) is 8.15. The monoisotopic (exact) mass is 210 g/mol. The number of hydrogen-bond acceptors (Lipinski definition) is 3. The molecular weight excluding hydrogens is 204 g/mol. The maximum Gasteiger partial charge on any atom is 0.202 e. The van der Waals surface area contributed by atoms with Crippen LogP contribution in [-0.2, 0) is 0 Å². The lowest BCUT2D eigenvalue weighted by Gasteiger charge is -1.89. The third-order valence-corrected chi connectivity index (χ3v) is 2.52. The van der Waals surface area contributed by atoms with Crippen molar-refractivity contribution in [2.24, 2.45) is 0 Å². The van der Waals surface area contributed by atoms with Gasteiger partial charge < -0.3 is 0 Å². The van der Waals surface area contributed by atoms with E-state index in [2.05, 4.69) is 20.2 Å². The zero-order chi connectivity index (χ0) is 10.5. The Balaban J connectivity index is 2.38. The summed E-state index contributed by atoms with van der Waals surface area (Å²) in [7, 11) is 0. The van der Waals surface area contributed by atoms with Gasteiger partial charge in [-0.15, -0.1) is 10.2 Å². The van der Waals surface area contributed by atoms with Gasteiger partial charge in [-0.2, -0.15) is 4.52 Å². The van der Waals surface area contributed by atoms with Crippen LogP contribution >= 0.6 is 0 Å². The number of hydrogen-bond donors (Lipinski definition) is 0. The molecule has 0 aromatic carbocycles. The maximum absolute atomic E-state index is 4.32. The molecule has 4 heterocycles. The normalized spacial score (nSPS) is 11.8. The first-order chi connectivity index (χ1) is 7.93. The van der Waals surface area contributed by atoms with Crippen molar-refractivity contribution in [1.29, 1.82) is 0 Å². The van der Waals surface area contributed by atoms with Crippen molar-refractivity contribution >= 4 is 22.3 Å². The van der Waals surface area contributed by atoms with Gasteiger partial charge in [0.25, 0.3) is 0 Å². The van der Waals surface area contributed by atoms with Gasteiger partial charge >= 0.3 is 0 Å². The Morgan fingerprint density at radius 2 is 2.00 bits per heavy atom. The van der Waals surface area contributed by atoms with Crippen LogP contribution in [0.1, 0.15) is 0 Å². The highest BCUT2D eigenvalue weighted by Gasteiger charge is 2.10. The van der Waals surface area contributed by atoms with Gasteiger partial charge in [-0.3, -0.25) is 0 Å². The van der Waals surface area contributed by atoms with Gasteiger partial charge in [-0.25, -0.2) is 9.97 Å². The SMILES string of the molecule is c1cnc2c(c1)nn1[n-]c3ncccc3[n+]21. The van der Waals surface area contributed by atoms with Gasteiger partial charge in [-0.05, 0) is 24.3 Å². The Kier molecular flexibility index (Phi) is 1.23. The molecule has 0 saturated heterocycles. The average Bonchev–Trinajstić information content (AvgIpc) is 2.83. The maximum atomic E-state index is 4.32. The third-order valence-electron chi connectivity index (χ3n) is 2.52. The highest BCUT2D eigenvalue weighted by molar-refractivity contribution is 5.70. The first kappa shape index (κ1) is 7.75. The first-order valence-electron chi connectivity index (χ1n) is 4.87. The number of rotatable bonds is 0. The van der Waals surface area contributed by atoms with E-state index in [0.717, 1.165) is 16.7 Å². The van der Waals surface area contributed by atoms with E-state index in [0.29, 0.717) is 5.65 Å². The molecule has 0 spiro atoms. The summed E-state index contributed by atoms with van der Waals surface area (Å²) in [5.41, 5.74) is 3.19. The molecule has 0 fully saturated rings. The van der Waals surface area contributed by atoms with E-state index >= 15 is 0 Å². The van der Waals surface area contributed by atoms with Crippen molar-refractivity contribution in [3.8, 4) is 0 Å². The smallest absolute Gasteiger partial charge is 0.202 e. The third kappa shape index (κ3) is 0.813. The fraction of sp³-hybridized carbons (Fsp3) is 0. The van der Waals surface area contributed by atoms with Gasteiger partial charge in [0.15, 0.2) is 5.65 Å². The quantitative estimate of drug-likeness (QED) is 0.382. The summed E-state index contributed by atoms with van der Waals surface area (Å²) in [6, 6.07) is 7.59. The molecule has 0 aliphatic heterocycles. The number of pyridine rings is 2. The molecular formula is C10H6N6. The molecule has 16 heavy (non-hydrogen) atoms. The predicted molar refractivity (Wildman–Crippen MR) is 54.8 cm³/mol. The van der Waals surface area contributed by atoms with Gasteiger partial charge in [0, 0.05) is 12.4 Å². The topological polar surface area (TPSA) is 61.3 Å². The average molecular weight is 210 g/mol. The second kappa shape index (κ2) is 2.54. The molecule has 0 aliphatic carbocycles. The van der Waals surface area contributed by atoms with Gasteiger partial charge in [0.05, 0.1) is 0 Å². The van der Waals surface area contributed by atoms with Crippen LogP contribution in [0.2, 0.25) is 0 Å². The fourth-order valence-corrected chi connectivity index (χ4v) is 1.85. The minimum absolute atomic E-state index is 0.669. The van der Waals surface area contributed by atoms with E-state index < -0.39 is 0 Å². The van der Waals surface area contributed by atoms with Crippen molar-refractivity contribution < 1.29 is 4.52 Å². The van der Waals surface area contributed by atoms with Crippen LogP contribution in [0.5, 0.6) is 0 Å². The second-order valence-electron chi connectivity index (χ2n) is 3.47. The van der Waals surface area contributed by atoms with E-state index in [1.807, 2.05) is 28.8 Å². The van der Waals surface area contributed by atoms with Crippen LogP contribution in [0.3, 0.4) is 0 Å². The summed E-state index contributed by atoms with van der Waals surface area (Å²) in [5.74, 6) is 0. The molecule has 0 saturated carbocycles. The highest BCUT2D eigenvalue weighted by atomic mass is 15.6. The Labute approximate surface area is 89.1 Å². The Morgan fingerprint density at radius 3 is 3.00 bits per heavy atom. The van der Waals surface area contributed by atoms with Crippen molar-refractivity contribution in [3.05, 3.63) is 36.7 Å². The minimum Gasteiger partial charge on any atom is -0.235 e. The fourth-order valence-electron chi connectivity index (χ4n) is 1.85. The summed E-state index contributed by atoms with van der Waals surface area (Å²) < 4.78 is 3.37. The minimum atomic E-state index is 0.669. The Hall–Kier alpha value is -2.50. The molecule has 0 radical (unpaired) electrons. The predicted octanol–water partition coefficient (Wildman–Crippen LogP) is -0.0266. The molecule has 0 atom stereocenters. The van der Waals surface area contributed by atoms with Gasteiger partial charge in [0.1, 0.15) is 11.0 Å². The van der Waals surface area contributed by atoms with Crippen LogP contribution in [0.15, 0.2) is 36.7 Å². The largest absolute Gasteiger partial charge is 0.235 e. The molecule has 76 valence electrons. The van der Waals surface area contributed by atoms with E-state index in [9.17, 15) is 0 Å². The molecule has 0 amide bonds. The van der Waals surface area contributed by atoms with E-state index in [-0.39, 0.29) is 0 Å². The summed E-state index contributed by atoms with van der Waals surface area (Å²) >= 11 is 0. The molecule has 4 aromatic rings. The lowest BCUT2D eigenvalue weighted by molar-refractivity contribution is -0.575. The van der Waals surface area contributed by atoms with Crippen LogP contribution in [-0.4, -0.2) is 19.8 Å². The van der Waals surface area contributed by atoms with Gasteiger partial charge in [0.2, 0.25) is 5.65 Å². The molecule has 0 N–H and O–H groups in total. The van der Waals surface area contributed by atoms with Crippen LogP contribution in [0.25, 0.3) is 22.3 Å². The van der Waals surface area contributed by atoms with E-state index in [1.165, 1.54) is 4.74 Å². The van der Waals surface area contributed by atoms with E-state index in [1.54, 1.807) is 12.4 Å². The van der Waals surface area contributed by atoms with Crippen LogP contribution in [0, 0.1) is 0 Å². The molecule has 6 heteroatoms. The van der Waals surface area contributed by atoms with Gasteiger partial charge in [-0.1, -0.05) is 4.74 Å². The molecule has 0 aliphatic rings. The summed E-state index contributed by atoms with van der Waals surface area (Å²) in [6.45, 7) is 0. The number of aromatic nitrogens is 6. The van der Waals surface area contributed by atoms with Crippen molar-refractivity contribution in [2.45, 2.75) is 0 Å². The molecule has 0 unspecified atom stereocenters. The highest BCUT2D eigenvalue weighted by Crippen LogP contribution is 2.06. The van der Waals surface area contributed by atoms with E-state index in [4.69, 9.17) is 0 Å². The standard InChI is InChI=1S/C10H6N6/c1-3-7-10(12-6-1)15-8-4-2-5-11-9(8)14-16(15)13-7/h1-6H. The lowest BCUT2D eigenvalue weighted by atomic mass is 10.4. The second-order valence-corrected chi connectivity index (χ2v) is 3.47. The lowest BCUT2D eigenvalue weighted by Crippen LogP contribution is -2.27. The van der Waals surface area contributed by atoms with Crippen molar-refractivity contribution in [1.82, 2.24) is 24.9 Å². The zero-order valence-electron chi connectivity index (χ0n) is 8.15. The molecule has 6 nitrogen and oxygen atoms in total. The summed E-state index contributed by atoms with van der Waals surface area (Å²) in [4.78, 5) is 8.48. The Bertz CT molecular complexity index is 746. The molecule has 0 bridgehead atoms. The number of nitrogens with zero attached hydrogens (tertiary/aromatic N) is 6. The van der Waals surface area contributed by atoms with Crippen LogP contribution in [0.4, 0.5) is 0 Å². The first-order valence-corrected chi connectivity index (χ1v) is 4.87. The number of fused-ring (bicyclic) bond motifs is 5. The molecule has 4 aromatic heterocycles.